The third kappa shape index (κ3) is 4.04. The van der Waals surface area contributed by atoms with Crippen molar-refractivity contribution in [3.05, 3.63) is 48.8 Å². The molecule has 1 aliphatic rings. The van der Waals surface area contributed by atoms with Crippen molar-refractivity contribution in [1.29, 1.82) is 0 Å². The van der Waals surface area contributed by atoms with E-state index in [4.69, 9.17) is 4.74 Å². The SMILES string of the molecule is CCNC(=O)N1CCC(Oc2cccc(-c3cccnc3)c2)CC1. The molecule has 0 saturated carbocycles. The van der Waals surface area contributed by atoms with Gasteiger partial charge >= 0.3 is 6.03 Å². The molecule has 0 spiro atoms. The molecular formula is C19H23N3O2. The zero-order valence-electron chi connectivity index (χ0n) is 13.9. The van der Waals surface area contributed by atoms with Crippen molar-refractivity contribution in [2.45, 2.75) is 25.9 Å². The molecule has 1 aromatic heterocycles. The molecule has 1 fully saturated rings. The summed E-state index contributed by atoms with van der Waals surface area (Å²) in [5, 5.41) is 2.85. The van der Waals surface area contributed by atoms with Gasteiger partial charge in [-0.25, -0.2) is 4.79 Å². The van der Waals surface area contributed by atoms with Crippen molar-refractivity contribution >= 4 is 6.03 Å². The maximum Gasteiger partial charge on any atom is 0.317 e. The van der Waals surface area contributed by atoms with Gasteiger partial charge in [-0.1, -0.05) is 18.2 Å². The molecule has 1 aliphatic heterocycles. The van der Waals surface area contributed by atoms with Gasteiger partial charge < -0.3 is 15.0 Å². The first kappa shape index (κ1) is 16.3. The highest BCUT2D eigenvalue weighted by Gasteiger charge is 2.23. The van der Waals surface area contributed by atoms with Crippen LogP contribution >= 0.6 is 0 Å². The van der Waals surface area contributed by atoms with Gasteiger partial charge in [-0.05, 0) is 30.7 Å². The number of nitrogens with zero attached hydrogens (tertiary/aromatic N) is 2. The Labute approximate surface area is 142 Å². The van der Waals surface area contributed by atoms with Crippen molar-refractivity contribution in [2.24, 2.45) is 0 Å². The average molecular weight is 325 g/mol. The Kier molecular flexibility index (Phi) is 5.31. The van der Waals surface area contributed by atoms with E-state index in [0.29, 0.717) is 6.54 Å². The third-order valence-corrected chi connectivity index (χ3v) is 4.19. The number of piperidine rings is 1. The molecule has 0 bridgehead atoms. The highest BCUT2D eigenvalue weighted by molar-refractivity contribution is 5.74. The third-order valence-electron chi connectivity index (χ3n) is 4.19. The van der Waals surface area contributed by atoms with E-state index in [1.165, 1.54) is 0 Å². The summed E-state index contributed by atoms with van der Waals surface area (Å²) in [5.74, 6) is 0.868. The molecule has 2 aromatic rings. The molecule has 1 aromatic carbocycles. The number of ether oxygens (including phenoxy) is 1. The van der Waals surface area contributed by atoms with E-state index >= 15 is 0 Å². The van der Waals surface area contributed by atoms with E-state index in [1.807, 2.05) is 48.4 Å². The largest absolute Gasteiger partial charge is 0.490 e. The van der Waals surface area contributed by atoms with E-state index in [-0.39, 0.29) is 12.1 Å². The molecule has 1 saturated heterocycles. The summed E-state index contributed by atoms with van der Waals surface area (Å²) in [7, 11) is 0. The lowest BCUT2D eigenvalue weighted by Gasteiger charge is -2.32. The molecule has 126 valence electrons. The smallest absolute Gasteiger partial charge is 0.317 e. The second-order valence-corrected chi connectivity index (χ2v) is 5.91. The number of rotatable bonds is 4. The van der Waals surface area contributed by atoms with Gasteiger partial charge in [0.2, 0.25) is 0 Å². The Bertz CT molecular complexity index is 667. The Hall–Kier alpha value is -2.56. The van der Waals surface area contributed by atoms with E-state index in [9.17, 15) is 4.79 Å². The molecule has 2 amide bonds. The fourth-order valence-corrected chi connectivity index (χ4v) is 2.91. The van der Waals surface area contributed by atoms with Crippen LogP contribution in [0.1, 0.15) is 19.8 Å². The first-order chi connectivity index (χ1) is 11.8. The van der Waals surface area contributed by atoms with Crippen LogP contribution in [-0.2, 0) is 0 Å². The van der Waals surface area contributed by atoms with Gasteiger partial charge in [0.1, 0.15) is 11.9 Å². The number of hydrogen-bond donors (Lipinski definition) is 1. The highest BCUT2D eigenvalue weighted by Crippen LogP contribution is 2.25. The summed E-state index contributed by atoms with van der Waals surface area (Å²) in [6.07, 6.45) is 5.48. The molecule has 1 N–H and O–H groups in total. The molecule has 24 heavy (non-hydrogen) atoms. The second kappa shape index (κ2) is 7.81. The number of amides is 2. The molecule has 0 aliphatic carbocycles. The number of aromatic nitrogens is 1. The zero-order valence-corrected chi connectivity index (χ0v) is 13.9. The minimum atomic E-state index is 0.0227. The molecule has 0 unspecified atom stereocenters. The molecule has 0 radical (unpaired) electrons. The number of urea groups is 1. The van der Waals surface area contributed by atoms with Crippen LogP contribution in [0.15, 0.2) is 48.8 Å². The van der Waals surface area contributed by atoms with Crippen LogP contribution in [-0.4, -0.2) is 41.7 Å². The first-order valence-electron chi connectivity index (χ1n) is 8.46. The van der Waals surface area contributed by atoms with Crippen LogP contribution < -0.4 is 10.1 Å². The van der Waals surface area contributed by atoms with E-state index in [1.54, 1.807) is 6.20 Å². The lowest BCUT2D eigenvalue weighted by atomic mass is 10.1. The normalized spacial score (nSPS) is 15.1. The number of carbonyl (C=O) groups excluding carboxylic acids is 1. The van der Waals surface area contributed by atoms with Gasteiger partial charge in [-0.2, -0.15) is 0 Å². The van der Waals surface area contributed by atoms with E-state index in [0.717, 1.165) is 42.8 Å². The van der Waals surface area contributed by atoms with Crippen LogP contribution in [0, 0.1) is 0 Å². The molecule has 5 heteroatoms. The zero-order chi connectivity index (χ0) is 16.8. The van der Waals surface area contributed by atoms with Gasteiger partial charge in [0, 0.05) is 50.4 Å². The van der Waals surface area contributed by atoms with Crippen LogP contribution in [0.25, 0.3) is 11.1 Å². The number of nitrogens with one attached hydrogen (secondary N) is 1. The Balaban J connectivity index is 1.59. The monoisotopic (exact) mass is 325 g/mol. The lowest BCUT2D eigenvalue weighted by Crippen LogP contribution is -2.46. The first-order valence-corrected chi connectivity index (χ1v) is 8.46. The fourth-order valence-electron chi connectivity index (χ4n) is 2.91. The average Bonchev–Trinajstić information content (AvgIpc) is 2.63. The Morgan fingerprint density at radius 1 is 1.25 bits per heavy atom. The van der Waals surface area contributed by atoms with Crippen molar-refractivity contribution < 1.29 is 9.53 Å². The summed E-state index contributed by atoms with van der Waals surface area (Å²) in [5.41, 5.74) is 2.18. The quantitative estimate of drug-likeness (QED) is 0.938. The van der Waals surface area contributed by atoms with Crippen LogP contribution in [0.4, 0.5) is 4.79 Å². The Morgan fingerprint density at radius 3 is 2.75 bits per heavy atom. The van der Waals surface area contributed by atoms with Crippen molar-refractivity contribution in [2.75, 3.05) is 19.6 Å². The number of hydrogen-bond acceptors (Lipinski definition) is 3. The molecular weight excluding hydrogens is 302 g/mol. The van der Waals surface area contributed by atoms with Crippen LogP contribution in [0.2, 0.25) is 0 Å². The van der Waals surface area contributed by atoms with Crippen molar-refractivity contribution in [1.82, 2.24) is 15.2 Å². The summed E-state index contributed by atoms with van der Waals surface area (Å²) in [4.78, 5) is 17.9. The standard InChI is InChI=1S/C19H23N3O2/c1-2-21-19(23)22-11-8-17(9-12-22)24-18-7-3-5-15(13-18)16-6-4-10-20-14-16/h3-7,10,13-14,17H,2,8-9,11-12H2,1H3,(H,21,23). The van der Waals surface area contributed by atoms with Crippen LogP contribution in [0.3, 0.4) is 0 Å². The summed E-state index contributed by atoms with van der Waals surface area (Å²) >= 11 is 0. The number of likely N-dealkylation sites (tertiary alicyclic amines) is 1. The van der Waals surface area contributed by atoms with Crippen molar-refractivity contribution in [3.63, 3.8) is 0 Å². The van der Waals surface area contributed by atoms with Crippen LogP contribution in [0.5, 0.6) is 5.75 Å². The Morgan fingerprint density at radius 2 is 2.04 bits per heavy atom. The minimum absolute atomic E-state index is 0.0227. The molecule has 5 nitrogen and oxygen atoms in total. The minimum Gasteiger partial charge on any atom is -0.490 e. The van der Waals surface area contributed by atoms with Gasteiger partial charge in [0.15, 0.2) is 0 Å². The summed E-state index contributed by atoms with van der Waals surface area (Å²) in [6, 6.07) is 12.1. The number of carbonyl (C=O) groups is 1. The second-order valence-electron chi connectivity index (χ2n) is 5.91. The fraction of sp³-hybridized carbons (Fsp3) is 0.368. The number of pyridine rings is 1. The highest BCUT2D eigenvalue weighted by atomic mass is 16.5. The maximum absolute atomic E-state index is 11.8. The molecule has 0 atom stereocenters. The lowest BCUT2D eigenvalue weighted by molar-refractivity contribution is 0.111. The van der Waals surface area contributed by atoms with Gasteiger partial charge in [0.25, 0.3) is 0 Å². The predicted octanol–water partition coefficient (Wildman–Crippen LogP) is 3.32. The van der Waals surface area contributed by atoms with Gasteiger partial charge in [-0.15, -0.1) is 0 Å². The summed E-state index contributed by atoms with van der Waals surface area (Å²) in [6.45, 7) is 4.07. The topological polar surface area (TPSA) is 54.5 Å². The van der Waals surface area contributed by atoms with E-state index in [2.05, 4.69) is 16.4 Å². The molecule has 3 rings (SSSR count). The maximum atomic E-state index is 11.8. The van der Waals surface area contributed by atoms with Gasteiger partial charge in [0.05, 0.1) is 0 Å². The summed E-state index contributed by atoms with van der Waals surface area (Å²) < 4.78 is 6.13. The van der Waals surface area contributed by atoms with Crippen molar-refractivity contribution in [3.8, 4) is 16.9 Å². The number of benzene rings is 1. The molecule has 2 heterocycles. The van der Waals surface area contributed by atoms with E-state index < -0.39 is 0 Å². The predicted molar refractivity (Wildman–Crippen MR) is 94.0 cm³/mol. The van der Waals surface area contributed by atoms with Gasteiger partial charge in [-0.3, -0.25) is 4.98 Å².